The number of nitrogens with one attached hydrogen (secondary N) is 1. The molecule has 0 spiro atoms. The number of benzene rings is 2. The van der Waals surface area contributed by atoms with Crippen LogP contribution >= 0.6 is 0 Å². The van der Waals surface area contributed by atoms with Crippen molar-refractivity contribution in [1.29, 1.82) is 0 Å². The van der Waals surface area contributed by atoms with E-state index in [1.54, 1.807) is 26.0 Å². The molecule has 7 nitrogen and oxygen atoms in total. The van der Waals surface area contributed by atoms with Crippen LogP contribution in [-0.2, 0) is 10.0 Å². The van der Waals surface area contributed by atoms with Gasteiger partial charge in [0.25, 0.3) is 10.0 Å². The minimum absolute atomic E-state index is 0.0261. The second-order valence-corrected chi connectivity index (χ2v) is 7.32. The van der Waals surface area contributed by atoms with Gasteiger partial charge in [-0.25, -0.2) is 18.0 Å². The van der Waals surface area contributed by atoms with E-state index >= 15 is 0 Å². The van der Waals surface area contributed by atoms with Gasteiger partial charge in [0, 0.05) is 5.69 Å². The Morgan fingerprint density at radius 2 is 1.40 bits per heavy atom. The van der Waals surface area contributed by atoms with E-state index in [-0.39, 0.29) is 10.6 Å². The van der Waals surface area contributed by atoms with Crippen LogP contribution in [0, 0.1) is 20.8 Å². The molecule has 0 aromatic heterocycles. The van der Waals surface area contributed by atoms with Crippen molar-refractivity contribution in [3.63, 3.8) is 0 Å². The Kier molecular flexibility index (Phi) is 4.85. The summed E-state index contributed by atoms with van der Waals surface area (Å²) < 4.78 is 27.7. The summed E-state index contributed by atoms with van der Waals surface area (Å²) in [6, 6.07) is 6.72. The molecular weight excluding hydrogens is 346 g/mol. The number of aryl methyl sites for hydroxylation is 3. The quantitative estimate of drug-likeness (QED) is 0.751. The van der Waals surface area contributed by atoms with Crippen molar-refractivity contribution >= 4 is 27.6 Å². The van der Waals surface area contributed by atoms with Gasteiger partial charge in [0.1, 0.15) is 0 Å². The lowest BCUT2D eigenvalue weighted by atomic mass is 10.1. The van der Waals surface area contributed by atoms with E-state index in [0.29, 0.717) is 11.1 Å². The monoisotopic (exact) mass is 363 g/mol. The Balaban J connectivity index is 2.51. The third-order valence-corrected chi connectivity index (χ3v) is 5.29. The van der Waals surface area contributed by atoms with Crippen LogP contribution in [0.3, 0.4) is 0 Å². The van der Waals surface area contributed by atoms with E-state index in [2.05, 4.69) is 4.72 Å². The first-order chi connectivity index (χ1) is 11.5. The molecule has 2 rings (SSSR count). The summed E-state index contributed by atoms with van der Waals surface area (Å²) in [6.45, 7) is 5.20. The van der Waals surface area contributed by atoms with Crippen LogP contribution < -0.4 is 4.72 Å². The summed E-state index contributed by atoms with van der Waals surface area (Å²) >= 11 is 0. The maximum Gasteiger partial charge on any atom is 0.336 e. The van der Waals surface area contributed by atoms with Crippen LogP contribution in [-0.4, -0.2) is 30.6 Å². The molecule has 2 aromatic rings. The molecule has 0 bridgehead atoms. The summed E-state index contributed by atoms with van der Waals surface area (Å²) in [5, 5.41) is 18.1. The van der Waals surface area contributed by atoms with E-state index in [4.69, 9.17) is 10.2 Å². The first-order valence-electron chi connectivity index (χ1n) is 7.24. The molecular formula is C17H17NO6S. The van der Waals surface area contributed by atoms with E-state index < -0.39 is 33.1 Å². The number of aromatic carboxylic acids is 2. The second-order valence-electron chi connectivity index (χ2n) is 5.70. The summed E-state index contributed by atoms with van der Waals surface area (Å²) in [5.74, 6) is -2.86. The second kappa shape index (κ2) is 6.56. The van der Waals surface area contributed by atoms with Crippen LogP contribution in [0.1, 0.15) is 37.4 Å². The fourth-order valence-corrected chi connectivity index (χ4v) is 4.27. The molecule has 0 aliphatic carbocycles. The maximum atomic E-state index is 12.7. The van der Waals surface area contributed by atoms with Crippen molar-refractivity contribution in [1.82, 2.24) is 0 Å². The number of sulfonamides is 1. The van der Waals surface area contributed by atoms with E-state index in [1.807, 2.05) is 6.92 Å². The van der Waals surface area contributed by atoms with Crippen molar-refractivity contribution < 1.29 is 28.2 Å². The summed E-state index contributed by atoms with van der Waals surface area (Å²) in [7, 11) is -3.96. The number of rotatable bonds is 5. The van der Waals surface area contributed by atoms with Gasteiger partial charge < -0.3 is 10.2 Å². The van der Waals surface area contributed by atoms with Crippen LogP contribution in [0.4, 0.5) is 5.69 Å². The minimum Gasteiger partial charge on any atom is -0.478 e. The third kappa shape index (κ3) is 3.80. The molecule has 0 unspecified atom stereocenters. The number of hydrogen-bond donors (Lipinski definition) is 3. The molecule has 0 amide bonds. The molecule has 2 aromatic carbocycles. The molecule has 0 aliphatic rings. The smallest absolute Gasteiger partial charge is 0.336 e. The maximum absolute atomic E-state index is 12.7. The standard InChI is InChI=1S/C17H17NO6S/c1-9-6-10(2)15(11(3)7-9)25(23,24)18-12-4-5-13(16(19)20)14(8-12)17(21)22/h4-8,18H,1-3H3,(H,19,20)(H,21,22). The highest BCUT2D eigenvalue weighted by Gasteiger charge is 2.22. The van der Waals surface area contributed by atoms with Gasteiger partial charge in [-0.05, 0) is 50.1 Å². The fraction of sp³-hybridized carbons (Fsp3) is 0.176. The zero-order valence-corrected chi connectivity index (χ0v) is 14.6. The lowest BCUT2D eigenvalue weighted by Gasteiger charge is -2.14. The van der Waals surface area contributed by atoms with Gasteiger partial charge in [-0.2, -0.15) is 0 Å². The average Bonchev–Trinajstić information content (AvgIpc) is 2.44. The van der Waals surface area contributed by atoms with Gasteiger partial charge >= 0.3 is 11.9 Å². The Bertz CT molecular complexity index is 956. The lowest BCUT2D eigenvalue weighted by molar-refractivity contribution is 0.0651. The molecule has 0 fully saturated rings. The highest BCUT2D eigenvalue weighted by Crippen LogP contribution is 2.25. The average molecular weight is 363 g/mol. The third-order valence-electron chi connectivity index (χ3n) is 3.61. The van der Waals surface area contributed by atoms with E-state index in [0.717, 1.165) is 17.7 Å². The molecule has 8 heteroatoms. The van der Waals surface area contributed by atoms with Crippen molar-refractivity contribution in [2.45, 2.75) is 25.7 Å². The van der Waals surface area contributed by atoms with Gasteiger partial charge in [-0.1, -0.05) is 17.7 Å². The predicted molar refractivity (Wildman–Crippen MR) is 91.8 cm³/mol. The van der Waals surface area contributed by atoms with E-state index in [9.17, 15) is 18.0 Å². The molecule has 0 radical (unpaired) electrons. The molecule has 0 aliphatic heterocycles. The zero-order chi connectivity index (χ0) is 18.9. The van der Waals surface area contributed by atoms with Gasteiger partial charge in [0.15, 0.2) is 0 Å². The van der Waals surface area contributed by atoms with Crippen LogP contribution in [0.5, 0.6) is 0 Å². The predicted octanol–water partition coefficient (Wildman–Crippen LogP) is 2.81. The number of carboxylic acid groups (broad SMARTS) is 2. The Labute approximate surface area is 145 Å². The van der Waals surface area contributed by atoms with Gasteiger partial charge in [0.2, 0.25) is 0 Å². The van der Waals surface area contributed by atoms with Gasteiger partial charge in [-0.3, -0.25) is 4.72 Å². The largest absolute Gasteiger partial charge is 0.478 e. The first-order valence-corrected chi connectivity index (χ1v) is 8.72. The molecule has 25 heavy (non-hydrogen) atoms. The number of anilines is 1. The van der Waals surface area contributed by atoms with Crippen LogP contribution in [0.25, 0.3) is 0 Å². The normalized spacial score (nSPS) is 11.2. The molecule has 132 valence electrons. The lowest BCUT2D eigenvalue weighted by Crippen LogP contribution is -2.17. The Hall–Kier alpha value is -2.87. The van der Waals surface area contributed by atoms with Crippen molar-refractivity contribution in [3.8, 4) is 0 Å². The summed E-state index contributed by atoms with van der Waals surface area (Å²) in [4.78, 5) is 22.4. The summed E-state index contributed by atoms with van der Waals surface area (Å²) in [6.07, 6.45) is 0. The highest BCUT2D eigenvalue weighted by atomic mass is 32.2. The molecule has 0 saturated carbocycles. The van der Waals surface area contributed by atoms with Gasteiger partial charge in [-0.15, -0.1) is 0 Å². The van der Waals surface area contributed by atoms with Crippen molar-refractivity contribution in [3.05, 3.63) is 58.1 Å². The van der Waals surface area contributed by atoms with Crippen LogP contribution in [0.15, 0.2) is 35.2 Å². The Morgan fingerprint density at radius 3 is 1.88 bits per heavy atom. The molecule has 3 N–H and O–H groups in total. The first kappa shape index (κ1) is 18.5. The van der Waals surface area contributed by atoms with Crippen LogP contribution in [0.2, 0.25) is 0 Å². The SMILES string of the molecule is Cc1cc(C)c(S(=O)(=O)Nc2ccc(C(=O)O)c(C(=O)O)c2)c(C)c1. The fourth-order valence-electron chi connectivity index (χ4n) is 2.77. The highest BCUT2D eigenvalue weighted by molar-refractivity contribution is 7.92. The molecule has 0 heterocycles. The van der Waals surface area contributed by atoms with Crippen molar-refractivity contribution in [2.75, 3.05) is 4.72 Å². The van der Waals surface area contributed by atoms with Crippen molar-refractivity contribution in [2.24, 2.45) is 0 Å². The summed E-state index contributed by atoms with van der Waals surface area (Å²) in [5.41, 5.74) is 1.11. The topological polar surface area (TPSA) is 121 Å². The van der Waals surface area contributed by atoms with E-state index in [1.165, 1.54) is 6.07 Å². The number of hydrogen-bond acceptors (Lipinski definition) is 4. The molecule has 0 atom stereocenters. The minimum atomic E-state index is -3.96. The zero-order valence-electron chi connectivity index (χ0n) is 13.8. The molecule has 0 saturated heterocycles. The van der Waals surface area contributed by atoms with Gasteiger partial charge in [0.05, 0.1) is 16.0 Å². The number of carbonyl (C=O) groups is 2. The number of carboxylic acids is 2. The Morgan fingerprint density at radius 1 is 0.880 bits per heavy atom.